The van der Waals surface area contributed by atoms with Crippen LogP contribution in [0.5, 0.6) is 0 Å². The first-order valence-corrected chi connectivity index (χ1v) is 11.7. The molecular weight excluding hydrogens is 441 g/mol. The Hall–Kier alpha value is -2.67. The van der Waals surface area contributed by atoms with Gasteiger partial charge in [0.05, 0.1) is 5.69 Å². The van der Waals surface area contributed by atoms with Crippen molar-refractivity contribution in [3.8, 4) is 0 Å². The van der Waals surface area contributed by atoms with E-state index in [0.717, 1.165) is 35.7 Å². The number of alkyl halides is 3. The third kappa shape index (κ3) is 3.09. The molecule has 0 saturated carbocycles. The number of benzene rings is 2. The second-order valence-electron chi connectivity index (χ2n) is 10.8. The molecule has 0 spiro atoms. The highest BCUT2D eigenvalue weighted by Gasteiger charge is 2.58. The summed E-state index contributed by atoms with van der Waals surface area (Å²) in [6.07, 6.45) is -1.02. The second kappa shape index (κ2) is 7.17. The van der Waals surface area contributed by atoms with Crippen LogP contribution in [0, 0.1) is 5.41 Å². The number of likely N-dealkylation sites (tertiary alicyclic amines) is 1. The molecule has 1 fully saturated rings. The predicted molar refractivity (Wildman–Crippen MR) is 125 cm³/mol. The van der Waals surface area contributed by atoms with Crippen LogP contribution < -0.4 is 0 Å². The van der Waals surface area contributed by atoms with E-state index in [2.05, 4.69) is 25.8 Å². The normalized spacial score (nSPS) is 26.6. The quantitative estimate of drug-likeness (QED) is 0.633. The predicted octanol–water partition coefficient (Wildman–Crippen LogP) is 5.47. The zero-order chi connectivity index (χ0) is 24.7. The minimum Gasteiger partial charge on any atom is -0.376 e. The monoisotopic (exact) mass is 470 g/mol. The lowest BCUT2D eigenvalue weighted by atomic mass is 9.50. The number of amides is 1. The molecule has 2 aromatic carbocycles. The SMILES string of the molecule is CC(O)(c1ccc2c(c1)[C@]1(C)CCN(C(=O)c3ccc4c(c3)CC=N4)[C@H](C2)C1(C)C)C(F)(F)F. The molecule has 34 heavy (non-hydrogen) atoms. The maximum atomic E-state index is 13.6. The summed E-state index contributed by atoms with van der Waals surface area (Å²) < 4.78 is 40.6. The maximum absolute atomic E-state index is 13.6. The minimum absolute atomic E-state index is 0.0186. The maximum Gasteiger partial charge on any atom is 0.421 e. The summed E-state index contributed by atoms with van der Waals surface area (Å²) in [5, 5.41) is 10.3. The first-order valence-electron chi connectivity index (χ1n) is 11.7. The van der Waals surface area contributed by atoms with Gasteiger partial charge in [-0.05, 0) is 65.6 Å². The van der Waals surface area contributed by atoms with Gasteiger partial charge in [-0.2, -0.15) is 13.2 Å². The summed E-state index contributed by atoms with van der Waals surface area (Å²) in [5.41, 5.74) is 0.491. The topological polar surface area (TPSA) is 52.9 Å². The summed E-state index contributed by atoms with van der Waals surface area (Å²) >= 11 is 0. The minimum atomic E-state index is -4.77. The van der Waals surface area contributed by atoms with Crippen molar-refractivity contribution < 1.29 is 23.1 Å². The van der Waals surface area contributed by atoms with E-state index >= 15 is 0 Å². The first kappa shape index (κ1) is 23.1. The number of hydrogen-bond acceptors (Lipinski definition) is 3. The highest BCUT2D eigenvalue weighted by atomic mass is 19.4. The third-order valence-electron chi connectivity index (χ3n) is 8.84. The van der Waals surface area contributed by atoms with Crippen LogP contribution in [-0.2, 0) is 23.9 Å². The van der Waals surface area contributed by atoms with Crippen molar-refractivity contribution in [3.63, 3.8) is 0 Å². The molecule has 1 aliphatic carbocycles. The van der Waals surface area contributed by atoms with Gasteiger partial charge >= 0.3 is 6.18 Å². The second-order valence-corrected chi connectivity index (χ2v) is 10.8. The molecule has 2 aromatic rings. The number of aliphatic imine (C=N–C) groups is 1. The number of carbonyl (C=O) groups excluding carboxylic acids is 1. The van der Waals surface area contributed by atoms with Crippen LogP contribution >= 0.6 is 0 Å². The molecule has 0 radical (unpaired) electrons. The van der Waals surface area contributed by atoms with Crippen molar-refractivity contribution in [3.05, 3.63) is 64.2 Å². The molecule has 3 aliphatic rings. The molecule has 1 N–H and O–H groups in total. The average Bonchev–Trinajstić information content (AvgIpc) is 3.23. The standard InChI is InChI=1S/C27H29F3N2O2/c1-24(2)22-14-16-5-7-19(26(4,34)27(28,29)30)15-20(16)25(24,3)10-12-32(22)23(33)18-6-8-21-17(13-18)9-11-31-21/h5-8,11,13,15,22,34H,9-10,12,14H2,1-4H3/t22-,25+,26?/m1/s1. The van der Waals surface area contributed by atoms with E-state index in [1.165, 1.54) is 6.07 Å². The average molecular weight is 471 g/mol. The molecule has 1 saturated heterocycles. The van der Waals surface area contributed by atoms with Crippen molar-refractivity contribution in [1.29, 1.82) is 0 Å². The number of carbonyl (C=O) groups is 1. The molecule has 2 aliphatic heterocycles. The Morgan fingerprint density at radius 2 is 1.85 bits per heavy atom. The molecule has 1 unspecified atom stereocenters. The van der Waals surface area contributed by atoms with Crippen LogP contribution in [0.15, 0.2) is 41.4 Å². The molecule has 4 nitrogen and oxygen atoms in total. The highest BCUT2D eigenvalue weighted by Crippen LogP contribution is 2.57. The van der Waals surface area contributed by atoms with Gasteiger partial charge < -0.3 is 10.0 Å². The first-order chi connectivity index (χ1) is 15.8. The number of fused-ring (bicyclic) bond motifs is 5. The van der Waals surface area contributed by atoms with Gasteiger partial charge in [0.15, 0.2) is 5.60 Å². The highest BCUT2D eigenvalue weighted by molar-refractivity contribution is 5.96. The number of rotatable bonds is 2. The zero-order valence-corrected chi connectivity index (χ0v) is 19.8. The van der Waals surface area contributed by atoms with Gasteiger partial charge in [-0.1, -0.05) is 39.0 Å². The van der Waals surface area contributed by atoms with Crippen LogP contribution in [-0.4, -0.2) is 40.9 Å². The largest absolute Gasteiger partial charge is 0.421 e. The molecule has 3 atom stereocenters. The Morgan fingerprint density at radius 3 is 2.56 bits per heavy atom. The summed E-state index contributed by atoms with van der Waals surface area (Å²) in [6.45, 7) is 7.61. The van der Waals surface area contributed by atoms with Crippen LogP contribution in [0.4, 0.5) is 18.9 Å². The van der Waals surface area contributed by atoms with Crippen molar-refractivity contribution >= 4 is 17.8 Å². The van der Waals surface area contributed by atoms with E-state index in [1.807, 2.05) is 29.3 Å². The van der Waals surface area contributed by atoms with E-state index in [-0.39, 0.29) is 22.9 Å². The lowest BCUT2D eigenvalue weighted by Gasteiger charge is -2.61. The van der Waals surface area contributed by atoms with Gasteiger partial charge in [-0.15, -0.1) is 0 Å². The van der Waals surface area contributed by atoms with Gasteiger partial charge in [0.2, 0.25) is 0 Å². The summed E-state index contributed by atoms with van der Waals surface area (Å²) in [6, 6.07) is 10.2. The number of nitrogens with zero attached hydrogens (tertiary/aromatic N) is 2. The van der Waals surface area contributed by atoms with Crippen LogP contribution in [0.25, 0.3) is 0 Å². The Bertz CT molecular complexity index is 1210. The van der Waals surface area contributed by atoms with Crippen LogP contribution in [0.2, 0.25) is 0 Å². The van der Waals surface area contributed by atoms with E-state index in [0.29, 0.717) is 24.9 Å². The van der Waals surface area contributed by atoms with E-state index < -0.39 is 17.2 Å². The Morgan fingerprint density at radius 1 is 1.12 bits per heavy atom. The summed E-state index contributed by atoms with van der Waals surface area (Å²) in [7, 11) is 0. The Kier molecular flexibility index (Phi) is 4.87. The third-order valence-corrected chi connectivity index (χ3v) is 8.84. The number of hydrogen-bond donors (Lipinski definition) is 1. The van der Waals surface area contributed by atoms with E-state index in [9.17, 15) is 23.1 Å². The lowest BCUT2D eigenvalue weighted by Crippen LogP contribution is -2.65. The van der Waals surface area contributed by atoms with Gasteiger partial charge in [0.25, 0.3) is 5.91 Å². The van der Waals surface area contributed by atoms with Gasteiger partial charge in [0.1, 0.15) is 0 Å². The van der Waals surface area contributed by atoms with Crippen molar-refractivity contribution in [2.45, 2.75) is 70.2 Å². The molecular formula is C27H29F3N2O2. The summed E-state index contributed by atoms with van der Waals surface area (Å²) in [4.78, 5) is 19.9. The van der Waals surface area contributed by atoms with E-state index in [1.54, 1.807) is 12.1 Å². The molecule has 7 heteroatoms. The van der Waals surface area contributed by atoms with Crippen molar-refractivity contribution in [2.24, 2.45) is 10.4 Å². The Balaban J connectivity index is 1.53. The summed E-state index contributed by atoms with van der Waals surface area (Å²) in [5.74, 6) is -0.0186. The molecule has 1 amide bonds. The molecule has 180 valence electrons. The number of halogens is 3. The number of piperidine rings is 1. The van der Waals surface area contributed by atoms with Crippen molar-refractivity contribution in [1.82, 2.24) is 4.90 Å². The van der Waals surface area contributed by atoms with E-state index in [4.69, 9.17) is 0 Å². The fourth-order valence-corrected chi connectivity index (χ4v) is 6.03. The number of aliphatic hydroxyl groups is 1. The molecule has 5 rings (SSSR count). The lowest BCUT2D eigenvalue weighted by molar-refractivity contribution is -0.258. The van der Waals surface area contributed by atoms with Gasteiger partial charge in [-0.3, -0.25) is 9.79 Å². The molecule has 2 heterocycles. The fraction of sp³-hybridized carbons (Fsp3) is 0.481. The van der Waals surface area contributed by atoms with Crippen LogP contribution in [0.3, 0.4) is 0 Å². The molecule has 0 aromatic heterocycles. The van der Waals surface area contributed by atoms with Crippen LogP contribution in [0.1, 0.15) is 66.7 Å². The van der Waals surface area contributed by atoms with Gasteiger partial charge in [-0.25, -0.2) is 0 Å². The molecule has 2 bridgehead atoms. The fourth-order valence-electron chi connectivity index (χ4n) is 6.03. The Labute approximate surface area is 197 Å². The smallest absolute Gasteiger partial charge is 0.376 e. The van der Waals surface area contributed by atoms with Gasteiger partial charge in [0, 0.05) is 36.2 Å². The zero-order valence-electron chi connectivity index (χ0n) is 19.8. The van der Waals surface area contributed by atoms with Crippen molar-refractivity contribution in [2.75, 3.05) is 6.54 Å².